The molecule has 2 amide bonds. The minimum absolute atomic E-state index is 0.0856. The van der Waals surface area contributed by atoms with Gasteiger partial charge in [0.25, 0.3) is 0 Å². The summed E-state index contributed by atoms with van der Waals surface area (Å²) < 4.78 is 42.8. The quantitative estimate of drug-likeness (QED) is 0.237. The fourth-order valence-electron chi connectivity index (χ4n) is 5.78. The number of amidine groups is 1. The zero-order valence-corrected chi connectivity index (χ0v) is 26.1. The zero-order valence-electron chi connectivity index (χ0n) is 25.3. The number of hydrogen-bond donors (Lipinski definition) is 1. The first kappa shape index (κ1) is 30.7. The molecule has 2 aliphatic rings. The first-order chi connectivity index (χ1) is 21.4. The maximum absolute atomic E-state index is 13.2. The van der Waals surface area contributed by atoms with Crippen LogP contribution >= 0.6 is 11.8 Å². The number of aryl methyl sites for hydroxylation is 1. The molecule has 2 atom stereocenters. The van der Waals surface area contributed by atoms with Gasteiger partial charge in [-0.15, -0.1) is 18.3 Å². The molecule has 1 aromatic heterocycles. The minimum Gasteiger partial charge on any atom is -0.406 e. The summed E-state index contributed by atoms with van der Waals surface area (Å²) in [6, 6.07) is 17.7. The molecule has 12 heteroatoms. The van der Waals surface area contributed by atoms with Gasteiger partial charge in [-0.05, 0) is 91.3 Å². The van der Waals surface area contributed by atoms with Gasteiger partial charge in [-0.1, -0.05) is 49.9 Å². The Morgan fingerprint density at radius 2 is 1.82 bits per heavy atom. The molecule has 4 aromatic rings. The van der Waals surface area contributed by atoms with E-state index in [0.717, 1.165) is 33.3 Å². The van der Waals surface area contributed by atoms with Gasteiger partial charge in [0.1, 0.15) is 12.1 Å². The van der Waals surface area contributed by atoms with Gasteiger partial charge < -0.3 is 15.0 Å². The number of halogens is 3. The standard InChI is InChI=1S/C33H33F3N6O2S/c1-19(2)28-12-5-20(3)13-29(28)42-21(4)17-45-32(42)39-31(43)38-25-15-22-6-7-23(14-24(22)16-25)30-37-18-41(40-30)26-8-10-27(11-9-26)44-33(34,35)36/h5-14,18-19,21,25H,15-17H2,1-4H3,(H,38,43). The van der Waals surface area contributed by atoms with Crippen molar-refractivity contribution in [3.8, 4) is 22.8 Å². The van der Waals surface area contributed by atoms with Gasteiger partial charge in [-0.25, -0.2) is 14.5 Å². The van der Waals surface area contributed by atoms with Crippen molar-refractivity contribution < 1.29 is 22.7 Å². The van der Waals surface area contributed by atoms with E-state index in [2.05, 4.69) is 75.9 Å². The number of nitrogens with zero attached hydrogens (tertiary/aromatic N) is 5. The maximum atomic E-state index is 13.2. The summed E-state index contributed by atoms with van der Waals surface area (Å²) >= 11 is 1.60. The van der Waals surface area contributed by atoms with E-state index in [4.69, 9.17) is 0 Å². The van der Waals surface area contributed by atoms with Crippen LogP contribution in [-0.2, 0) is 12.8 Å². The number of amides is 2. The molecule has 2 unspecified atom stereocenters. The van der Waals surface area contributed by atoms with E-state index in [1.165, 1.54) is 46.4 Å². The summed E-state index contributed by atoms with van der Waals surface area (Å²) in [6.45, 7) is 8.59. The second-order valence-corrected chi connectivity index (χ2v) is 12.7. The predicted molar refractivity (Wildman–Crippen MR) is 170 cm³/mol. The minimum atomic E-state index is -4.75. The summed E-state index contributed by atoms with van der Waals surface area (Å²) in [6.07, 6.45) is -1.89. The van der Waals surface area contributed by atoms with E-state index in [0.29, 0.717) is 30.3 Å². The molecule has 3 aromatic carbocycles. The van der Waals surface area contributed by atoms with Crippen LogP contribution in [0.4, 0.5) is 23.7 Å². The van der Waals surface area contributed by atoms with Crippen molar-refractivity contribution in [3.05, 3.63) is 89.2 Å². The second kappa shape index (κ2) is 12.2. The van der Waals surface area contributed by atoms with Gasteiger partial charge in [-0.2, -0.15) is 4.99 Å². The van der Waals surface area contributed by atoms with E-state index in [1.807, 2.05) is 18.2 Å². The molecule has 1 aliphatic carbocycles. The number of rotatable bonds is 6. The van der Waals surface area contributed by atoms with E-state index in [9.17, 15) is 18.0 Å². The average Bonchev–Trinajstić information content (AvgIpc) is 3.70. The number of benzene rings is 3. The predicted octanol–water partition coefficient (Wildman–Crippen LogP) is 7.44. The first-order valence-corrected chi connectivity index (χ1v) is 15.7. The highest BCUT2D eigenvalue weighted by Gasteiger charge is 2.32. The Bertz CT molecular complexity index is 1750. The normalized spacial score (nSPS) is 18.9. The molecule has 1 saturated heterocycles. The Morgan fingerprint density at radius 3 is 2.56 bits per heavy atom. The molecule has 234 valence electrons. The lowest BCUT2D eigenvalue weighted by Crippen LogP contribution is -2.36. The lowest BCUT2D eigenvalue weighted by Gasteiger charge is -2.27. The lowest BCUT2D eigenvalue weighted by atomic mass is 9.98. The number of thioether (sulfide) groups is 1. The molecule has 2 heterocycles. The SMILES string of the molecule is Cc1ccc(C(C)C)c(N2C(=NC(=O)NC3Cc4ccc(-c5ncn(-c6ccc(OC(F)(F)F)cc6)n5)cc4C3)SCC2C)c1. The van der Waals surface area contributed by atoms with Crippen LogP contribution in [0.25, 0.3) is 17.1 Å². The summed E-state index contributed by atoms with van der Waals surface area (Å²) in [5.74, 6) is 1.37. The third-order valence-electron chi connectivity index (χ3n) is 7.92. The van der Waals surface area contributed by atoms with E-state index in [1.54, 1.807) is 11.8 Å². The number of hydrogen-bond acceptors (Lipinski definition) is 5. The Hall–Kier alpha value is -4.32. The molecule has 0 spiro atoms. The molecular weight excluding hydrogens is 601 g/mol. The Balaban J connectivity index is 1.12. The van der Waals surface area contributed by atoms with E-state index < -0.39 is 6.36 Å². The van der Waals surface area contributed by atoms with Crippen LogP contribution in [-0.4, -0.2) is 50.2 Å². The third-order valence-corrected chi connectivity index (χ3v) is 9.11. The molecule has 6 rings (SSSR count). The van der Waals surface area contributed by atoms with Crippen molar-refractivity contribution >= 4 is 28.6 Å². The van der Waals surface area contributed by atoms with Crippen LogP contribution in [0.15, 0.2) is 72.0 Å². The topological polar surface area (TPSA) is 84.6 Å². The summed E-state index contributed by atoms with van der Waals surface area (Å²) in [7, 11) is 0. The number of carbonyl (C=O) groups excluding carboxylic acids is 1. The number of aromatic nitrogens is 3. The largest absolute Gasteiger partial charge is 0.573 e. The van der Waals surface area contributed by atoms with Crippen molar-refractivity contribution in [1.82, 2.24) is 20.1 Å². The van der Waals surface area contributed by atoms with Crippen molar-refractivity contribution in [2.75, 3.05) is 10.7 Å². The smallest absolute Gasteiger partial charge is 0.406 e. The van der Waals surface area contributed by atoms with Crippen molar-refractivity contribution in [2.24, 2.45) is 4.99 Å². The van der Waals surface area contributed by atoms with Crippen LogP contribution in [0.2, 0.25) is 0 Å². The highest BCUT2D eigenvalue weighted by molar-refractivity contribution is 8.14. The maximum Gasteiger partial charge on any atom is 0.573 e. The van der Waals surface area contributed by atoms with Gasteiger partial charge >= 0.3 is 12.4 Å². The van der Waals surface area contributed by atoms with Crippen LogP contribution in [0.1, 0.15) is 48.9 Å². The number of anilines is 1. The number of carbonyl (C=O) groups is 1. The highest BCUT2D eigenvalue weighted by Crippen LogP contribution is 2.36. The summed E-state index contributed by atoms with van der Waals surface area (Å²) in [5, 5.41) is 8.34. The molecule has 8 nitrogen and oxygen atoms in total. The fourth-order valence-corrected chi connectivity index (χ4v) is 6.88. The Morgan fingerprint density at radius 1 is 1.07 bits per heavy atom. The third kappa shape index (κ3) is 6.85. The van der Waals surface area contributed by atoms with E-state index in [-0.39, 0.29) is 23.9 Å². The van der Waals surface area contributed by atoms with Gasteiger partial charge in [0.05, 0.1) is 5.69 Å². The monoisotopic (exact) mass is 634 g/mol. The van der Waals surface area contributed by atoms with Crippen LogP contribution in [0.3, 0.4) is 0 Å². The fraction of sp³-hybridized carbons (Fsp3) is 0.333. The molecular formula is C33H33F3N6O2S. The molecule has 1 aliphatic heterocycles. The van der Waals surface area contributed by atoms with Crippen molar-refractivity contribution in [2.45, 2.75) is 64.9 Å². The summed E-state index contributed by atoms with van der Waals surface area (Å²) in [5.41, 5.74) is 7.11. The second-order valence-electron chi connectivity index (χ2n) is 11.7. The zero-order chi connectivity index (χ0) is 31.9. The van der Waals surface area contributed by atoms with Crippen molar-refractivity contribution in [3.63, 3.8) is 0 Å². The number of aliphatic imine (C=N–C) groups is 1. The van der Waals surface area contributed by atoms with Gasteiger partial charge in [0.15, 0.2) is 11.0 Å². The number of urea groups is 1. The molecule has 45 heavy (non-hydrogen) atoms. The molecule has 0 saturated carbocycles. The number of ether oxygens (including phenoxy) is 1. The van der Waals surface area contributed by atoms with Crippen LogP contribution in [0, 0.1) is 6.92 Å². The summed E-state index contributed by atoms with van der Waals surface area (Å²) in [4.78, 5) is 24.3. The van der Waals surface area contributed by atoms with Crippen molar-refractivity contribution in [1.29, 1.82) is 0 Å². The van der Waals surface area contributed by atoms with Crippen LogP contribution in [0.5, 0.6) is 5.75 Å². The Kier molecular flexibility index (Phi) is 8.34. The molecule has 0 radical (unpaired) electrons. The van der Waals surface area contributed by atoms with Gasteiger partial charge in [0, 0.05) is 29.1 Å². The number of nitrogens with one attached hydrogen (secondary N) is 1. The molecule has 1 fully saturated rings. The van der Waals surface area contributed by atoms with E-state index >= 15 is 0 Å². The van der Waals surface area contributed by atoms with Gasteiger partial charge in [-0.3, -0.25) is 0 Å². The molecule has 0 bridgehead atoms. The first-order valence-electron chi connectivity index (χ1n) is 14.8. The highest BCUT2D eigenvalue weighted by atomic mass is 32.2. The van der Waals surface area contributed by atoms with Gasteiger partial charge in [0.2, 0.25) is 0 Å². The molecule has 1 N–H and O–H groups in total. The van der Waals surface area contributed by atoms with Crippen LogP contribution < -0.4 is 15.0 Å². The average molecular weight is 635 g/mol. The number of alkyl halides is 3. The lowest BCUT2D eigenvalue weighted by molar-refractivity contribution is -0.274. The number of fused-ring (bicyclic) bond motifs is 1. The Labute approximate surface area is 263 Å².